The highest BCUT2D eigenvalue weighted by molar-refractivity contribution is 5.28. The van der Waals surface area contributed by atoms with E-state index in [0.29, 0.717) is 17.8 Å². The van der Waals surface area contributed by atoms with E-state index in [0.717, 1.165) is 65.0 Å². The van der Waals surface area contributed by atoms with E-state index in [4.69, 9.17) is 18.9 Å². The van der Waals surface area contributed by atoms with Gasteiger partial charge in [-0.25, -0.2) is 0 Å². The van der Waals surface area contributed by atoms with Gasteiger partial charge in [0.2, 0.25) is 0 Å². The molecule has 0 unspecified atom stereocenters. The van der Waals surface area contributed by atoms with Gasteiger partial charge in [-0.1, -0.05) is 18.6 Å². The number of ether oxygens (including phenoxy) is 4. The number of fused-ring (bicyclic) bond motifs is 6. The van der Waals surface area contributed by atoms with Gasteiger partial charge < -0.3 is 24.1 Å². The molecule has 6 rings (SSSR count). The van der Waals surface area contributed by atoms with Crippen molar-refractivity contribution in [3.63, 3.8) is 0 Å². The Bertz CT molecular complexity index is 706. The van der Waals surface area contributed by atoms with Crippen LogP contribution in [0.1, 0.15) is 71.1 Å². The Labute approximate surface area is 180 Å². The first-order chi connectivity index (χ1) is 14.6. The molecule has 5 heteroatoms. The van der Waals surface area contributed by atoms with Gasteiger partial charge in [0.1, 0.15) is 0 Å². The van der Waals surface area contributed by atoms with E-state index in [1.54, 1.807) is 5.57 Å². The second kappa shape index (κ2) is 7.02. The van der Waals surface area contributed by atoms with Crippen LogP contribution >= 0.6 is 0 Å². The van der Waals surface area contributed by atoms with Crippen LogP contribution in [0.5, 0.6) is 0 Å². The molecule has 2 saturated heterocycles. The summed E-state index contributed by atoms with van der Waals surface area (Å²) in [7, 11) is 0. The Kier molecular flexibility index (Phi) is 4.72. The molecule has 0 radical (unpaired) electrons. The Hall–Kier alpha value is -0.460. The van der Waals surface area contributed by atoms with Crippen LogP contribution in [0.25, 0.3) is 0 Å². The summed E-state index contributed by atoms with van der Waals surface area (Å²) in [6.45, 7) is 5.71. The number of hydrogen-bond acceptors (Lipinski definition) is 5. The molecule has 1 N–H and O–H groups in total. The molecule has 0 aromatic rings. The van der Waals surface area contributed by atoms with Crippen LogP contribution in [-0.4, -0.2) is 49.7 Å². The van der Waals surface area contributed by atoms with E-state index < -0.39 is 0 Å². The molecule has 2 spiro atoms. The van der Waals surface area contributed by atoms with Crippen molar-refractivity contribution in [2.24, 2.45) is 28.6 Å². The normalized spacial score (nSPS) is 45.9. The van der Waals surface area contributed by atoms with Crippen LogP contribution in [0.3, 0.4) is 0 Å². The van der Waals surface area contributed by atoms with E-state index in [2.05, 4.69) is 13.0 Å². The number of aliphatic hydroxyl groups is 1. The molecule has 3 saturated carbocycles. The summed E-state index contributed by atoms with van der Waals surface area (Å²) in [6.07, 6.45) is 13.6. The summed E-state index contributed by atoms with van der Waals surface area (Å²) in [5, 5.41) is 9.71. The first-order valence-corrected chi connectivity index (χ1v) is 12.4. The summed E-state index contributed by atoms with van der Waals surface area (Å²) in [5.74, 6) is 1.39. The first kappa shape index (κ1) is 20.2. The van der Waals surface area contributed by atoms with Crippen molar-refractivity contribution in [1.82, 2.24) is 0 Å². The van der Waals surface area contributed by atoms with Crippen LogP contribution in [0.15, 0.2) is 11.6 Å². The van der Waals surface area contributed by atoms with Crippen LogP contribution in [0.4, 0.5) is 0 Å². The average molecular weight is 419 g/mol. The van der Waals surface area contributed by atoms with Crippen LogP contribution in [-0.2, 0) is 18.9 Å². The van der Waals surface area contributed by atoms with Gasteiger partial charge in [0.15, 0.2) is 11.6 Å². The molecule has 0 aromatic heterocycles. The van der Waals surface area contributed by atoms with Crippen LogP contribution in [0, 0.1) is 28.6 Å². The highest BCUT2D eigenvalue weighted by Crippen LogP contribution is 2.70. The molecule has 2 aliphatic heterocycles. The molecule has 6 aliphatic rings. The van der Waals surface area contributed by atoms with Gasteiger partial charge in [-0.15, -0.1) is 0 Å². The maximum atomic E-state index is 9.71. The number of hydrogen-bond donors (Lipinski definition) is 1. The molecule has 30 heavy (non-hydrogen) atoms. The summed E-state index contributed by atoms with van der Waals surface area (Å²) in [6, 6.07) is 0. The molecule has 5 fully saturated rings. The van der Waals surface area contributed by atoms with Gasteiger partial charge in [-0.2, -0.15) is 0 Å². The summed E-state index contributed by atoms with van der Waals surface area (Å²) < 4.78 is 24.9. The highest BCUT2D eigenvalue weighted by atomic mass is 16.7. The summed E-state index contributed by atoms with van der Waals surface area (Å²) in [5.41, 5.74) is 1.94. The van der Waals surface area contributed by atoms with Crippen molar-refractivity contribution in [2.45, 2.75) is 82.7 Å². The Morgan fingerprint density at radius 2 is 1.67 bits per heavy atom. The largest absolute Gasteiger partial charge is 0.396 e. The molecular formula is C25H38O5. The molecule has 5 atom stereocenters. The molecule has 5 nitrogen and oxygen atoms in total. The molecule has 4 aliphatic carbocycles. The summed E-state index contributed by atoms with van der Waals surface area (Å²) in [4.78, 5) is 0. The Balaban J connectivity index is 1.34. The van der Waals surface area contributed by atoms with E-state index in [-0.39, 0.29) is 29.0 Å². The van der Waals surface area contributed by atoms with Crippen molar-refractivity contribution >= 4 is 0 Å². The van der Waals surface area contributed by atoms with Gasteiger partial charge in [0.05, 0.1) is 26.4 Å². The molecule has 0 amide bonds. The van der Waals surface area contributed by atoms with E-state index in [1.807, 2.05) is 0 Å². The maximum absolute atomic E-state index is 9.71. The molecule has 0 aromatic carbocycles. The molecule has 0 bridgehead atoms. The van der Waals surface area contributed by atoms with Crippen molar-refractivity contribution in [1.29, 1.82) is 0 Å². The first-order valence-electron chi connectivity index (χ1n) is 12.4. The van der Waals surface area contributed by atoms with E-state index in [9.17, 15) is 5.11 Å². The number of allylic oxidation sites excluding steroid dienone is 1. The van der Waals surface area contributed by atoms with Crippen molar-refractivity contribution in [2.75, 3.05) is 33.0 Å². The topological polar surface area (TPSA) is 57.2 Å². The Morgan fingerprint density at radius 3 is 2.43 bits per heavy atom. The number of rotatable bonds is 3. The van der Waals surface area contributed by atoms with E-state index >= 15 is 0 Å². The van der Waals surface area contributed by atoms with Crippen molar-refractivity contribution in [3.8, 4) is 0 Å². The standard InChI is InChI=1S/C25H38O5/c1-22-8-5-21-19(20(22)6-9-25(22)29-15-16-30-25)4-3-18-17-24(27-13-14-28-24)11-10-23(18,21)7-2-12-26/h3,19-21,26H,2,4-17H2,1H3/t19-,20-,21-,22-,23-/m0/s1. The van der Waals surface area contributed by atoms with Gasteiger partial charge in [-0.05, 0) is 68.1 Å². The SMILES string of the molecule is C[C@]12CC[C@H]3[C@@H](CC=C4CC5(CC[C@@]43CCCO)OCCO5)[C@@H]1CCC21OCCO1. The van der Waals surface area contributed by atoms with Crippen molar-refractivity contribution in [3.05, 3.63) is 11.6 Å². The predicted molar refractivity (Wildman–Crippen MR) is 112 cm³/mol. The second-order valence-electron chi connectivity index (χ2n) is 11.1. The van der Waals surface area contributed by atoms with Crippen LogP contribution in [0.2, 0.25) is 0 Å². The minimum absolute atomic E-state index is 0.141. The quantitative estimate of drug-likeness (QED) is 0.697. The number of aliphatic hydroxyl groups excluding tert-OH is 1. The lowest BCUT2D eigenvalue weighted by molar-refractivity contribution is -0.244. The third-order valence-corrected chi connectivity index (χ3v) is 10.2. The fraction of sp³-hybridized carbons (Fsp3) is 0.920. The lowest BCUT2D eigenvalue weighted by Crippen LogP contribution is -2.56. The molecular weight excluding hydrogens is 380 g/mol. The van der Waals surface area contributed by atoms with Gasteiger partial charge in [0.25, 0.3) is 0 Å². The smallest absolute Gasteiger partial charge is 0.174 e. The van der Waals surface area contributed by atoms with E-state index in [1.165, 1.54) is 25.7 Å². The third kappa shape index (κ3) is 2.59. The zero-order chi connectivity index (χ0) is 20.5. The zero-order valence-electron chi connectivity index (χ0n) is 18.5. The third-order valence-electron chi connectivity index (χ3n) is 10.2. The lowest BCUT2D eigenvalue weighted by Gasteiger charge is -2.60. The second-order valence-corrected chi connectivity index (χ2v) is 11.1. The lowest BCUT2D eigenvalue weighted by atomic mass is 9.46. The van der Waals surface area contributed by atoms with Gasteiger partial charge in [0, 0.05) is 31.3 Å². The minimum Gasteiger partial charge on any atom is -0.396 e. The minimum atomic E-state index is -0.368. The molecule has 2 heterocycles. The summed E-state index contributed by atoms with van der Waals surface area (Å²) >= 11 is 0. The fourth-order valence-electron chi connectivity index (χ4n) is 8.90. The Morgan fingerprint density at radius 1 is 0.933 bits per heavy atom. The predicted octanol–water partition coefficient (Wildman–Crippen LogP) is 4.19. The monoisotopic (exact) mass is 418 g/mol. The molecule has 168 valence electrons. The average Bonchev–Trinajstić information content (AvgIpc) is 3.48. The van der Waals surface area contributed by atoms with Gasteiger partial charge >= 0.3 is 0 Å². The van der Waals surface area contributed by atoms with Crippen LogP contribution < -0.4 is 0 Å². The maximum Gasteiger partial charge on any atom is 0.174 e. The van der Waals surface area contributed by atoms with Gasteiger partial charge in [-0.3, -0.25) is 0 Å². The zero-order valence-corrected chi connectivity index (χ0v) is 18.5. The fourth-order valence-corrected chi connectivity index (χ4v) is 8.90. The van der Waals surface area contributed by atoms with Crippen molar-refractivity contribution < 1.29 is 24.1 Å². The highest BCUT2D eigenvalue weighted by Gasteiger charge is 2.67.